The van der Waals surface area contributed by atoms with Gasteiger partial charge in [0.25, 0.3) is 0 Å². The molecule has 4 N–H and O–H groups in total. The molecule has 78 valence electrons. The molecule has 0 spiro atoms. The van der Waals surface area contributed by atoms with Crippen molar-refractivity contribution >= 4 is 24.2 Å². The molecule has 6 heteroatoms. The van der Waals surface area contributed by atoms with Crippen LogP contribution in [0.1, 0.15) is 0 Å². The summed E-state index contributed by atoms with van der Waals surface area (Å²) in [5.74, 6) is 0. The molecule has 14 heavy (non-hydrogen) atoms. The normalized spacial score (nSPS) is 15.0. The third kappa shape index (κ3) is 2.89. The van der Waals surface area contributed by atoms with Crippen molar-refractivity contribution in [2.45, 2.75) is 0 Å². The minimum atomic E-state index is -4.44. The van der Waals surface area contributed by atoms with Crippen molar-refractivity contribution in [3.05, 3.63) is 24.3 Å². The molecule has 0 aliphatic heterocycles. The van der Waals surface area contributed by atoms with Crippen LogP contribution in [0.4, 0.5) is 5.69 Å². The van der Waals surface area contributed by atoms with Crippen LogP contribution in [0.3, 0.4) is 0 Å². The first-order chi connectivity index (χ1) is 6.56. The number of aliphatic hydroxyl groups excluding tert-OH is 1. The average molecular weight is 261 g/mol. The van der Waals surface area contributed by atoms with Gasteiger partial charge in [0, 0.05) is 0 Å². The Labute approximate surface area is 84.5 Å². The second-order valence-electron chi connectivity index (χ2n) is 2.67. The van der Waals surface area contributed by atoms with E-state index in [9.17, 15) is 7.84 Å². The minimum absolute atomic E-state index is 0.141. The summed E-state index contributed by atoms with van der Waals surface area (Å²) in [7, 11) is 0. The van der Waals surface area contributed by atoms with Gasteiger partial charge in [-0.05, 0) is 0 Å². The zero-order chi connectivity index (χ0) is 10.6. The van der Waals surface area contributed by atoms with Crippen molar-refractivity contribution in [2.75, 3.05) is 18.9 Å². The van der Waals surface area contributed by atoms with E-state index in [0.717, 1.165) is 0 Å². The summed E-state index contributed by atoms with van der Waals surface area (Å²) in [6, 6.07) is 5.96. The third-order valence-corrected chi connectivity index (χ3v) is 4.69. The summed E-state index contributed by atoms with van der Waals surface area (Å²) >= 11 is -4.44. The van der Waals surface area contributed by atoms with Crippen LogP contribution in [-0.4, -0.2) is 36.6 Å². The predicted molar refractivity (Wildman–Crippen MR) is 52.2 cm³/mol. The number of nitrogen functional groups attached to an aromatic ring is 1. The summed E-state index contributed by atoms with van der Waals surface area (Å²) in [5, 5.41) is 8.45. The van der Waals surface area contributed by atoms with Crippen molar-refractivity contribution in [1.29, 1.82) is 0 Å². The molecule has 0 aliphatic carbocycles. The van der Waals surface area contributed by atoms with Gasteiger partial charge in [-0.3, -0.25) is 0 Å². The van der Waals surface area contributed by atoms with Gasteiger partial charge < -0.3 is 0 Å². The fourth-order valence-corrected chi connectivity index (χ4v) is 3.01. The van der Waals surface area contributed by atoms with Crippen LogP contribution >= 0.6 is 0 Å². The van der Waals surface area contributed by atoms with E-state index in [1.54, 1.807) is 0 Å². The molecule has 0 bridgehead atoms. The fourth-order valence-electron chi connectivity index (χ4n) is 0.902. The van der Waals surface area contributed by atoms with Crippen molar-refractivity contribution in [2.24, 2.45) is 0 Å². The van der Waals surface area contributed by atoms with Crippen LogP contribution in [0, 0.1) is 0 Å². The van der Waals surface area contributed by atoms with Crippen LogP contribution in [0.5, 0.6) is 0 Å². The van der Waals surface area contributed by atoms with Crippen LogP contribution < -0.4 is 10.1 Å². The summed E-state index contributed by atoms with van der Waals surface area (Å²) in [5.41, 5.74) is 5.94. The summed E-state index contributed by atoms with van der Waals surface area (Å²) in [6.45, 7) is -0.418. The maximum atomic E-state index is 11.5. The zero-order valence-electron chi connectivity index (χ0n) is 7.46. The number of hydrogen-bond acceptors (Lipinski definition) is 4. The second kappa shape index (κ2) is 4.66. The predicted octanol–water partition coefficient (Wildman–Crippen LogP) is -1.15. The van der Waals surface area contributed by atoms with E-state index in [4.69, 9.17) is 10.8 Å². The summed E-state index contributed by atoms with van der Waals surface area (Å²) < 4.78 is 25.9. The molecule has 0 aromatic heterocycles. The number of benzene rings is 1. The average Bonchev–Trinajstić information content (AvgIpc) is 2.16. The van der Waals surface area contributed by atoms with Gasteiger partial charge >= 0.3 is 84.1 Å². The van der Waals surface area contributed by atoms with E-state index in [2.05, 4.69) is 3.73 Å². The molecule has 1 aromatic rings. The van der Waals surface area contributed by atoms with E-state index in [1.807, 2.05) is 0 Å². The molecule has 5 nitrogen and oxygen atoms in total. The Morgan fingerprint density at radius 3 is 2.43 bits per heavy atom. The van der Waals surface area contributed by atoms with Crippen LogP contribution in [-0.2, 0) is 7.47 Å². The molecule has 0 amide bonds. The van der Waals surface area contributed by atoms with Crippen molar-refractivity contribution in [3.63, 3.8) is 0 Å². The molecule has 0 fully saturated rings. The Hall–Kier alpha value is -0.742. The first-order valence-corrected chi connectivity index (χ1v) is 7.31. The molecular weight excluding hydrogens is 249 g/mol. The van der Waals surface area contributed by atoms with E-state index in [1.165, 1.54) is 24.3 Å². The molecule has 0 radical (unpaired) electrons. The van der Waals surface area contributed by atoms with Gasteiger partial charge in [-0.15, -0.1) is 0 Å². The standard InChI is InChI=1S/C8H12AsNO4/c10-8-3-1-7(2-4-8)9(12,13)14-6-5-11/h1-4,11H,5-6,10H2,(H,12,13). The number of hydrogen-bond donors (Lipinski definition) is 3. The van der Waals surface area contributed by atoms with Crippen LogP contribution in [0.2, 0.25) is 0 Å². The maximum absolute atomic E-state index is 11.5. The second-order valence-corrected chi connectivity index (χ2v) is 6.48. The molecule has 0 saturated carbocycles. The monoisotopic (exact) mass is 261 g/mol. The Kier molecular flexibility index (Phi) is 3.77. The van der Waals surface area contributed by atoms with E-state index < -0.39 is 14.2 Å². The van der Waals surface area contributed by atoms with Crippen molar-refractivity contribution < 1.29 is 16.7 Å². The van der Waals surface area contributed by atoms with Gasteiger partial charge in [-0.25, -0.2) is 0 Å². The molecular formula is C8H12AsNO4. The first-order valence-electron chi connectivity index (χ1n) is 4.00. The van der Waals surface area contributed by atoms with Gasteiger partial charge in [0.1, 0.15) is 0 Å². The third-order valence-electron chi connectivity index (χ3n) is 1.58. The van der Waals surface area contributed by atoms with Crippen molar-refractivity contribution in [1.82, 2.24) is 0 Å². The van der Waals surface area contributed by atoms with E-state index >= 15 is 0 Å². The van der Waals surface area contributed by atoms with E-state index in [-0.39, 0.29) is 17.6 Å². The molecule has 0 saturated heterocycles. The van der Waals surface area contributed by atoms with Gasteiger partial charge in [0.15, 0.2) is 0 Å². The SMILES string of the molecule is Nc1ccc([As](=O)(O)OCCO)cc1. The van der Waals surface area contributed by atoms with Gasteiger partial charge in [0.05, 0.1) is 0 Å². The first kappa shape index (κ1) is 11.3. The number of anilines is 1. The van der Waals surface area contributed by atoms with E-state index in [0.29, 0.717) is 5.69 Å². The number of nitrogens with two attached hydrogens (primary N) is 1. The van der Waals surface area contributed by atoms with Crippen LogP contribution in [0.25, 0.3) is 0 Å². The Bertz CT molecular complexity index is 338. The fraction of sp³-hybridized carbons (Fsp3) is 0.250. The molecule has 1 unspecified atom stereocenters. The summed E-state index contributed by atoms with van der Waals surface area (Å²) in [4.78, 5) is 0. The summed E-state index contributed by atoms with van der Waals surface area (Å²) in [6.07, 6.45) is 0. The molecule has 0 aliphatic rings. The van der Waals surface area contributed by atoms with Gasteiger partial charge in [0.2, 0.25) is 0 Å². The number of rotatable bonds is 4. The Morgan fingerprint density at radius 1 is 1.36 bits per heavy atom. The molecule has 1 aromatic carbocycles. The van der Waals surface area contributed by atoms with Gasteiger partial charge in [-0.1, -0.05) is 0 Å². The van der Waals surface area contributed by atoms with Crippen LogP contribution in [0.15, 0.2) is 24.3 Å². The quantitative estimate of drug-likeness (QED) is 0.470. The Morgan fingerprint density at radius 2 is 1.93 bits per heavy atom. The topological polar surface area (TPSA) is 92.8 Å². The Balaban J connectivity index is 2.81. The molecule has 0 heterocycles. The zero-order valence-corrected chi connectivity index (χ0v) is 9.34. The molecule has 1 atom stereocenters. The van der Waals surface area contributed by atoms with Crippen molar-refractivity contribution in [3.8, 4) is 0 Å². The molecule has 1 rings (SSSR count). The van der Waals surface area contributed by atoms with Gasteiger partial charge in [-0.2, -0.15) is 0 Å². The number of aliphatic hydroxyl groups is 1.